The van der Waals surface area contributed by atoms with E-state index in [0.717, 1.165) is 11.3 Å². The molecule has 2 heterocycles. The van der Waals surface area contributed by atoms with Crippen molar-refractivity contribution in [1.82, 2.24) is 5.32 Å². The Morgan fingerprint density at radius 1 is 1.23 bits per heavy atom. The van der Waals surface area contributed by atoms with Gasteiger partial charge in [-0.2, -0.15) is 0 Å². The molecule has 0 spiro atoms. The highest BCUT2D eigenvalue weighted by Gasteiger charge is 2.37. The second kappa shape index (κ2) is 6.89. The lowest BCUT2D eigenvalue weighted by Gasteiger charge is -2.38. The van der Waals surface area contributed by atoms with Crippen molar-refractivity contribution in [3.8, 4) is 5.75 Å². The molecular formula is C18H18N2O5S. The van der Waals surface area contributed by atoms with E-state index < -0.39 is 23.1 Å². The fraction of sp³-hybridized carbons (Fsp3) is 0.278. The van der Waals surface area contributed by atoms with Gasteiger partial charge in [-0.1, -0.05) is 6.07 Å². The van der Waals surface area contributed by atoms with E-state index in [2.05, 4.69) is 10.6 Å². The van der Waals surface area contributed by atoms with Gasteiger partial charge in [0.25, 0.3) is 17.6 Å². The fourth-order valence-corrected chi connectivity index (χ4v) is 3.48. The molecule has 0 bridgehead atoms. The second-order valence-corrected chi connectivity index (χ2v) is 7.68. The number of rotatable bonds is 5. The van der Waals surface area contributed by atoms with E-state index in [-0.39, 0.29) is 10.6 Å². The number of phenols is 1. The maximum atomic E-state index is 12.4. The minimum Gasteiger partial charge on any atom is -0.508 e. The minimum atomic E-state index is -0.711. The van der Waals surface area contributed by atoms with E-state index in [9.17, 15) is 19.5 Å². The van der Waals surface area contributed by atoms with Gasteiger partial charge in [-0.3, -0.25) is 14.4 Å². The molecule has 0 saturated carbocycles. The number of ether oxygens (including phenoxy) is 1. The third-order valence-electron chi connectivity index (χ3n) is 3.95. The molecule has 7 nitrogen and oxygen atoms in total. The maximum Gasteiger partial charge on any atom is 0.293 e. The van der Waals surface area contributed by atoms with E-state index >= 15 is 0 Å². The summed E-state index contributed by atoms with van der Waals surface area (Å²) in [5.41, 5.74) is 0.228. The highest BCUT2D eigenvalue weighted by atomic mass is 32.1. The van der Waals surface area contributed by atoms with Gasteiger partial charge in [0.2, 0.25) is 0 Å². The number of anilines is 1. The summed E-state index contributed by atoms with van der Waals surface area (Å²) in [6.07, 6.45) is 0. The van der Waals surface area contributed by atoms with Crippen molar-refractivity contribution in [2.24, 2.45) is 0 Å². The van der Waals surface area contributed by atoms with E-state index in [0.29, 0.717) is 29.3 Å². The van der Waals surface area contributed by atoms with Gasteiger partial charge in [-0.05, 0) is 32.0 Å². The first kappa shape index (κ1) is 18.1. The SMILES string of the molecule is Cc1sc(C(=O)C(=O)NC2(C)COC2)cc1C(=O)Nc1cccc(O)c1. The second-order valence-electron chi connectivity index (χ2n) is 6.42. The lowest BCUT2D eigenvalue weighted by Crippen LogP contribution is -2.61. The van der Waals surface area contributed by atoms with Crippen molar-refractivity contribution >= 4 is 34.6 Å². The molecule has 0 unspecified atom stereocenters. The molecule has 1 aliphatic heterocycles. The molecule has 0 aliphatic carbocycles. The van der Waals surface area contributed by atoms with Gasteiger partial charge in [-0.15, -0.1) is 11.3 Å². The molecule has 1 aliphatic rings. The lowest BCUT2D eigenvalue weighted by molar-refractivity contribution is -0.126. The minimum absolute atomic E-state index is 0.0332. The number of nitrogens with one attached hydrogen (secondary N) is 2. The molecule has 0 radical (unpaired) electrons. The Labute approximate surface area is 154 Å². The lowest BCUT2D eigenvalue weighted by atomic mass is 10.0. The zero-order valence-electron chi connectivity index (χ0n) is 14.3. The molecule has 26 heavy (non-hydrogen) atoms. The number of aryl methyl sites for hydroxylation is 1. The van der Waals surface area contributed by atoms with Crippen LogP contribution in [0.2, 0.25) is 0 Å². The first-order chi connectivity index (χ1) is 12.3. The zero-order valence-corrected chi connectivity index (χ0v) is 15.1. The molecule has 0 atom stereocenters. The first-order valence-electron chi connectivity index (χ1n) is 7.93. The number of Topliss-reactive ketones (excluding diaryl/α,β-unsaturated/α-hetero) is 1. The molecule has 3 rings (SSSR count). The number of ketones is 1. The number of carbonyl (C=O) groups is 3. The quantitative estimate of drug-likeness (QED) is 0.549. The molecule has 1 aromatic heterocycles. The number of hydrogen-bond acceptors (Lipinski definition) is 6. The number of amides is 2. The molecule has 2 aromatic rings. The smallest absolute Gasteiger partial charge is 0.293 e. The Kier molecular flexibility index (Phi) is 4.80. The predicted octanol–water partition coefficient (Wildman–Crippen LogP) is 2.10. The van der Waals surface area contributed by atoms with Crippen molar-refractivity contribution in [2.75, 3.05) is 18.5 Å². The molecule has 3 N–H and O–H groups in total. The van der Waals surface area contributed by atoms with Gasteiger partial charge in [-0.25, -0.2) is 0 Å². The van der Waals surface area contributed by atoms with E-state index in [4.69, 9.17) is 4.74 Å². The summed E-state index contributed by atoms with van der Waals surface area (Å²) >= 11 is 1.09. The van der Waals surface area contributed by atoms with Crippen LogP contribution in [0.15, 0.2) is 30.3 Å². The van der Waals surface area contributed by atoms with Crippen LogP contribution in [0.25, 0.3) is 0 Å². The Bertz CT molecular complexity index is 885. The molecular weight excluding hydrogens is 356 g/mol. The average molecular weight is 374 g/mol. The van der Waals surface area contributed by atoms with Gasteiger partial charge in [0.1, 0.15) is 5.75 Å². The fourth-order valence-electron chi connectivity index (χ4n) is 2.52. The summed E-state index contributed by atoms with van der Waals surface area (Å²) in [5.74, 6) is -1.77. The Morgan fingerprint density at radius 3 is 2.58 bits per heavy atom. The van der Waals surface area contributed by atoms with Crippen LogP contribution in [0.4, 0.5) is 5.69 Å². The van der Waals surface area contributed by atoms with E-state index in [1.165, 1.54) is 18.2 Å². The van der Waals surface area contributed by atoms with Crippen molar-refractivity contribution in [3.63, 3.8) is 0 Å². The number of hydrogen-bond donors (Lipinski definition) is 3. The third-order valence-corrected chi connectivity index (χ3v) is 5.00. The Morgan fingerprint density at radius 2 is 1.96 bits per heavy atom. The van der Waals surface area contributed by atoms with Crippen LogP contribution in [0.1, 0.15) is 31.8 Å². The highest BCUT2D eigenvalue weighted by molar-refractivity contribution is 7.15. The van der Waals surface area contributed by atoms with Crippen molar-refractivity contribution < 1.29 is 24.2 Å². The number of carbonyl (C=O) groups excluding carboxylic acids is 3. The van der Waals surface area contributed by atoms with Crippen molar-refractivity contribution in [1.29, 1.82) is 0 Å². The van der Waals surface area contributed by atoms with Crippen molar-refractivity contribution in [3.05, 3.63) is 45.6 Å². The highest BCUT2D eigenvalue weighted by Crippen LogP contribution is 2.25. The molecule has 136 valence electrons. The monoisotopic (exact) mass is 374 g/mol. The predicted molar refractivity (Wildman–Crippen MR) is 96.8 cm³/mol. The van der Waals surface area contributed by atoms with Gasteiger partial charge < -0.3 is 20.5 Å². The Hall–Kier alpha value is -2.71. The third kappa shape index (κ3) is 3.76. The molecule has 8 heteroatoms. The molecule has 1 saturated heterocycles. The summed E-state index contributed by atoms with van der Waals surface area (Å²) in [6.45, 7) is 4.24. The van der Waals surface area contributed by atoms with Crippen LogP contribution in [0.3, 0.4) is 0 Å². The van der Waals surface area contributed by atoms with Crippen LogP contribution in [0, 0.1) is 6.92 Å². The van der Waals surface area contributed by atoms with E-state index in [1.54, 1.807) is 26.0 Å². The summed E-state index contributed by atoms with van der Waals surface area (Å²) in [6, 6.07) is 7.57. The number of benzene rings is 1. The van der Waals surface area contributed by atoms with Crippen LogP contribution in [-0.2, 0) is 9.53 Å². The Balaban J connectivity index is 1.72. The van der Waals surface area contributed by atoms with Gasteiger partial charge in [0.15, 0.2) is 0 Å². The standard InChI is InChI=1S/C18H18N2O5S/c1-10-13(16(23)19-11-4-3-5-12(21)6-11)7-14(26-10)15(22)17(24)20-18(2)8-25-9-18/h3-7,21H,8-9H2,1-2H3,(H,19,23)(H,20,24). The van der Waals surface area contributed by atoms with Gasteiger partial charge in [0, 0.05) is 16.6 Å². The summed E-state index contributed by atoms with van der Waals surface area (Å²) in [5, 5.41) is 14.8. The van der Waals surface area contributed by atoms with Crippen LogP contribution in [0.5, 0.6) is 5.75 Å². The first-order valence-corrected chi connectivity index (χ1v) is 8.74. The number of phenolic OH excluding ortho intramolecular Hbond substituents is 1. The number of thiophene rings is 1. The average Bonchev–Trinajstić information content (AvgIpc) is 2.94. The number of aromatic hydroxyl groups is 1. The van der Waals surface area contributed by atoms with Gasteiger partial charge >= 0.3 is 0 Å². The summed E-state index contributed by atoms with van der Waals surface area (Å²) in [7, 11) is 0. The van der Waals surface area contributed by atoms with Crippen LogP contribution in [-0.4, -0.2) is 41.5 Å². The molecule has 1 aromatic carbocycles. The molecule has 1 fully saturated rings. The van der Waals surface area contributed by atoms with Gasteiger partial charge in [0.05, 0.1) is 29.2 Å². The maximum absolute atomic E-state index is 12.4. The zero-order chi connectivity index (χ0) is 18.9. The normalized spacial score (nSPS) is 15.0. The summed E-state index contributed by atoms with van der Waals surface area (Å²) < 4.78 is 5.05. The molecule has 2 amide bonds. The van der Waals surface area contributed by atoms with Crippen molar-refractivity contribution in [2.45, 2.75) is 19.4 Å². The topological polar surface area (TPSA) is 105 Å². The van der Waals surface area contributed by atoms with Crippen LogP contribution < -0.4 is 10.6 Å². The summed E-state index contributed by atoms with van der Waals surface area (Å²) in [4.78, 5) is 37.7. The largest absolute Gasteiger partial charge is 0.508 e. The van der Waals surface area contributed by atoms with E-state index in [1.807, 2.05) is 0 Å². The van der Waals surface area contributed by atoms with Crippen LogP contribution >= 0.6 is 11.3 Å².